The average Bonchev–Trinajstić information content (AvgIpc) is 3.48. The summed E-state index contributed by atoms with van der Waals surface area (Å²) in [5.41, 5.74) is 2.06. The minimum absolute atomic E-state index is 0.00689. The number of rotatable bonds is 10. The molecular formula is C34H45N3O8S. The number of benzene rings is 2. The summed E-state index contributed by atoms with van der Waals surface area (Å²) in [4.78, 5) is 56.9. The highest BCUT2D eigenvalue weighted by molar-refractivity contribution is 7.86. The molecule has 11 nitrogen and oxygen atoms in total. The van der Waals surface area contributed by atoms with E-state index in [9.17, 15) is 27.6 Å². The molecule has 2 aliphatic rings. The molecule has 4 atom stereocenters. The molecule has 2 aromatic carbocycles. The molecule has 0 saturated carbocycles. The third-order valence-electron chi connectivity index (χ3n) is 8.49. The zero-order chi connectivity index (χ0) is 33.8. The maximum Gasteiger partial charge on any atom is 0.410 e. The number of ether oxygens (including phenoxy) is 1. The Morgan fingerprint density at radius 2 is 1.70 bits per heavy atom. The summed E-state index contributed by atoms with van der Waals surface area (Å²) >= 11 is 0. The number of hydrogen-bond donors (Lipinski definition) is 1. The second-order valence-corrected chi connectivity index (χ2v) is 14.8. The molecule has 1 fully saturated rings. The van der Waals surface area contributed by atoms with Gasteiger partial charge in [0.15, 0.2) is 5.78 Å². The summed E-state index contributed by atoms with van der Waals surface area (Å²) < 4.78 is 33.6. The van der Waals surface area contributed by atoms with Gasteiger partial charge in [-0.3, -0.25) is 19.3 Å². The van der Waals surface area contributed by atoms with Crippen LogP contribution in [0.1, 0.15) is 88.4 Å². The van der Waals surface area contributed by atoms with Crippen LogP contribution in [0.5, 0.6) is 5.75 Å². The lowest BCUT2D eigenvalue weighted by Crippen LogP contribution is -2.52. The van der Waals surface area contributed by atoms with Crippen molar-refractivity contribution in [2.75, 3.05) is 19.8 Å². The molecule has 1 N–H and O–H groups in total. The van der Waals surface area contributed by atoms with E-state index in [2.05, 4.69) is 17.4 Å². The molecule has 0 radical (unpaired) electrons. The summed E-state index contributed by atoms with van der Waals surface area (Å²) in [5, 5.41) is 2.78. The Bertz CT molecular complexity index is 1550. The number of amides is 3. The lowest BCUT2D eigenvalue weighted by molar-refractivity contribution is -0.141. The van der Waals surface area contributed by atoms with E-state index in [4.69, 9.17) is 8.92 Å². The molecule has 12 heteroatoms. The van der Waals surface area contributed by atoms with E-state index < -0.39 is 51.8 Å². The molecule has 1 aliphatic heterocycles. The van der Waals surface area contributed by atoms with Gasteiger partial charge in [0.25, 0.3) is 0 Å². The van der Waals surface area contributed by atoms with E-state index >= 15 is 0 Å². The Hall–Kier alpha value is -3.93. The number of nitrogens with zero attached hydrogens (tertiary/aromatic N) is 2. The Labute approximate surface area is 271 Å². The zero-order valence-corrected chi connectivity index (χ0v) is 28.3. The molecule has 1 heterocycles. The monoisotopic (exact) mass is 655 g/mol. The van der Waals surface area contributed by atoms with E-state index in [1.165, 1.54) is 49.4 Å². The lowest BCUT2D eigenvalue weighted by atomic mass is 9.79. The van der Waals surface area contributed by atoms with Gasteiger partial charge in [-0.2, -0.15) is 8.42 Å². The number of ketones is 1. The smallest absolute Gasteiger partial charge is 0.410 e. The summed E-state index contributed by atoms with van der Waals surface area (Å²) in [6, 6.07) is 11.1. The van der Waals surface area contributed by atoms with Gasteiger partial charge < -0.3 is 19.1 Å². The van der Waals surface area contributed by atoms with Crippen molar-refractivity contribution in [1.29, 1.82) is 0 Å². The van der Waals surface area contributed by atoms with Crippen LogP contribution in [0, 0.1) is 0 Å². The van der Waals surface area contributed by atoms with Gasteiger partial charge in [-0.25, -0.2) is 4.79 Å². The van der Waals surface area contributed by atoms with Gasteiger partial charge >= 0.3 is 16.2 Å². The first-order valence-corrected chi connectivity index (χ1v) is 17.5. The van der Waals surface area contributed by atoms with Gasteiger partial charge in [-0.15, -0.1) is 0 Å². The number of nitrogens with one attached hydrogen (secondary N) is 1. The van der Waals surface area contributed by atoms with Crippen LogP contribution in [0.4, 0.5) is 4.79 Å². The van der Waals surface area contributed by atoms with Crippen molar-refractivity contribution in [2.24, 2.45) is 0 Å². The number of likely N-dealkylation sites (N-methyl/N-ethyl adjacent to an activating group) is 1. The van der Waals surface area contributed by atoms with Crippen molar-refractivity contribution in [1.82, 2.24) is 15.1 Å². The van der Waals surface area contributed by atoms with Gasteiger partial charge in [0.1, 0.15) is 23.4 Å². The van der Waals surface area contributed by atoms with E-state index in [0.29, 0.717) is 31.4 Å². The average molecular weight is 656 g/mol. The van der Waals surface area contributed by atoms with Gasteiger partial charge in [0.05, 0.1) is 12.3 Å². The highest BCUT2D eigenvalue weighted by atomic mass is 32.2. The molecule has 250 valence electrons. The Balaban J connectivity index is 1.57. The SMILES string of the molecule is C[C@@H](C(=O)N[C@H](C(=O)N1CCC[C@H]1C(=O)C[C@@H]1CCCc2ccccc21)c1ccc(OS(C)(=O)=O)cc1)N(C)C(=O)OC(C)(C)C. The molecule has 1 aliphatic carbocycles. The Kier molecular flexibility index (Phi) is 10.8. The topological polar surface area (TPSA) is 139 Å². The van der Waals surface area contributed by atoms with Crippen LogP contribution >= 0.6 is 0 Å². The quantitative estimate of drug-likeness (QED) is 0.369. The predicted octanol–water partition coefficient (Wildman–Crippen LogP) is 4.51. The summed E-state index contributed by atoms with van der Waals surface area (Å²) in [6.45, 7) is 7.03. The van der Waals surface area contributed by atoms with Gasteiger partial charge in [0.2, 0.25) is 11.8 Å². The molecule has 0 bridgehead atoms. The van der Waals surface area contributed by atoms with Crippen molar-refractivity contribution >= 4 is 33.8 Å². The van der Waals surface area contributed by atoms with Gasteiger partial charge in [-0.05, 0) is 94.5 Å². The van der Waals surface area contributed by atoms with Crippen LogP contribution in [0.2, 0.25) is 0 Å². The van der Waals surface area contributed by atoms with Crippen LogP contribution in [0.15, 0.2) is 48.5 Å². The van der Waals surface area contributed by atoms with Crippen molar-refractivity contribution in [3.63, 3.8) is 0 Å². The molecule has 0 spiro atoms. The number of aryl methyl sites for hydroxylation is 1. The Morgan fingerprint density at radius 1 is 1.02 bits per heavy atom. The van der Waals surface area contributed by atoms with E-state index in [1.54, 1.807) is 25.7 Å². The third-order valence-corrected chi connectivity index (χ3v) is 8.98. The predicted molar refractivity (Wildman–Crippen MR) is 173 cm³/mol. The number of hydrogen-bond acceptors (Lipinski definition) is 8. The first-order chi connectivity index (χ1) is 21.5. The number of likely N-dealkylation sites (tertiary alicyclic amines) is 1. The molecule has 0 unspecified atom stereocenters. The lowest BCUT2D eigenvalue weighted by Gasteiger charge is -2.32. The van der Waals surface area contributed by atoms with Crippen molar-refractivity contribution in [2.45, 2.75) is 95.9 Å². The molecule has 2 aromatic rings. The third kappa shape index (κ3) is 8.86. The fraction of sp³-hybridized carbons (Fsp3) is 0.529. The minimum Gasteiger partial charge on any atom is -0.444 e. The summed E-state index contributed by atoms with van der Waals surface area (Å²) in [7, 11) is -2.34. The Morgan fingerprint density at radius 3 is 2.35 bits per heavy atom. The first kappa shape index (κ1) is 34.9. The minimum atomic E-state index is -3.78. The second kappa shape index (κ2) is 14.2. The van der Waals surface area contributed by atoms with Crippen LogP contribution in [-0.2, 0) is 35.7 Å². The van der Waals surface area contributed by atoms with Gasteiger partial charge in [0, 0.05) is 20.0 Å². The number of Topliss-reactive ketones (excluding diaryl/α,β-unsaturated/α-hetero) is 1. The maximum absolute atomic E-state index is 14.2. The molecule has 3 amide bonds. The molecule has 46 heavy (non-hydrogen) atoms. The maximum atomic E-state index is 14.2. The van der Waals surface area contributed by atoms with Crippen molar-refractivity contribution in [3.05, 3.63) is 65.2 Å². The fourth-order valence-electron chi connectivity index (χ4n) is 6.09. The number of fused-ring (bicyclic) bond motifs is 1. The summed E-state index contributed by atoms with van der Waals surface area (Å²) in [6.07, 6.45) is 4.63. The fourth-order valence-corrected chi connectivity index (χ4v) is 6.55. The van der Waals surface area contributed by atoms with Crippen molar-refractivity contribution < 1.29 is 36.5 Å². The molecule has 0 aromatic heterocycles. The molecule has 1 saturated heterocycles. The highest BCUT2D eigenvalue weighted by Gasteiger charge is 2.40. The van der Waals surface area contributed by atoms with E-state index in [1.807, 2.05) is 12.1 Å². The number of carbonyl (C=O) groups excluding carboxylic acids is 4. The zero-order valence-electron chi connectivity index (χ0n) is 27.4. The standard InChI is InChI=1S/C34H45N3O8S/c1-22(36(5)33(41)44-34(2,3)4)31(39)35-30(24-16-18-26(19-17-24)45-46(6,42)43)32(40)37-20-10-15-28(37)29(38)21-25-13-9-12-23-11-7-8-14-27(23)25/h7-8,11,14,16-19,22,25,28,30H,9-10,12-13,15,20-21H2,1-6H3,(H,35,39)/t22-,25-,28-,30-/m0/s1. The molecular weight excluding hydrogens is 610 g/mol. The van der Waals surface area contributed by atoms with E-state index in [0.717, 1.165) is 30.4 Å². The van der Waals surface area contributed by atoms with Crippen LogP contribution < -0.4 is 9.50 Å². The second-order valence-electron chi connectivity index (χ2n) is 13.2. The summed E-state index contributed by atoms with van der Waals surface area (Å²) in [5.74, 6) is -0.935. The van der Waals surface area contributed by atoms with Gasteiger partial charge in [-0.1, -0.05) is 36.4 Å². The van der Waals surface area contributed by atoms with Crippen LogP contribution in [-0.4, -0.2) is 79.4 Å². The highest BCUT2D eigenvalue weighted by Crippen LogP contribution is 2.36. The number of carbonyl (C=O) groups is 4. The first-order valence-electron chi connectivity index (χ1n) is 15.7. The largest absolute Gasteiger partial charge is 0.444 e. The molecule has 4 rings (SSSR count). The van der Waals surface area contributed by atoms with Crippen molar-refractivity contribution in [3.8, 4) is 5.75 Å². The normalized spacial score (nSPS) is 19.4. The van der Waals surface area contributed by atoms with E-state index in [-0.39, 0.29) is 17.5 Å². The van der Waals surface area contributed by atoms with Crippen LogP contribution in [0.3, 0.4) is 0 Å². The van der Waals surface area contributed by atoms with Crippen LogP contribution in [0.25, 0.3) is 0 Å².